The van der Waals surface area contributed by atoms with E-state index in [0.717, 1.165) is 33.6 Å². The standard InChI is InChI=1S/C40H37N3O4S/c1-39(2,30-18-22-36(23-19-30)46-29-35-26-27-41-38(43-35)28-42-48(44)45)31-20-24-37(25-21-31)47-40(32-12-6-3-7-13-32,33-14-8-4-9-15-33)34-16-10-5-11-17-34/h3-27,42H,28-29H2,1-2H3,(H,44,45). The number of hydrogen-bond donors (Lipinski definition) is 2. The molecule has 0 aliphatic carbocycles. The average Bonchev–Trinajstić information content (AvgIpc) is 3.14. The molecule has 0 saturated heterocycles. The second-order valence-electron chi connectivity index (χ2n) is 11.9. The van der Waals surface area contributed by atoms with E-state index >= 15 is 0 Å². The van der Waals surface area contributed by atoms with Crippen molar-refractivity contribution < 1.29 is 18.2 Å². The van der Waals surface area contributed by atoms with Crippen LogP contribution in [0.5, 0.6) is 11.5 Å². The van der Waals surface area contributed by atoms with E-state index in [0.29, 0.717) is 17.3 Å². The van der Waals surface area contributed by atoms with Crippen molar-refractivity contribution in [1.82, 2.24) is 14.7 Å². The van der Waals surface area contributed by atoms with Crippen LogP contribution in [-0.4, -0.2) is 18.7 Å². The lowest BCUT2D eigenvalue weighted by molar-refractivity contribution is 0.155. The van der Waals surface area contributed by atoms with Crippen LogP contribution in [0.4, 0.5) is 0 Å². The van der Waals surface area contributed by atoms with E-state index in [9.17, 15) is 4.21 Å². The van der Waals surface area contributed by atoms with Crippen molar-refractivity contribution in [2.24, 2.45) is 0 Å². The van der Waals surface area contributed by atoms with Crippen molar-refractivity contribution in [2.45, 2.75) is 38.0 Å². The normalized spacial score (nSPS) is 12.3. The Labute approximate surface area is 284 Å². The van der Waals surface area contributed by atoms with Crippen LogP contribution in [0.25, 0.3) is 0 Å². The van der Waals surface area contributed by atoms with Crippen molar-refractivity contribution in [3.8, 4) is 11.5 Å². The van der Waals surface area contributed by atoms with Crippen molar-refractivity contribution >= 4 is 11.3 Å². The molecule has 0 radical (unpaired) electrons. The fourth-order valence-electron chi connectivity index (χ4n) is 5.84. The van der Waals surface area contributed by atoms with Gasteiger partial charge in [-0.25, -0.2) is 18.9 Å². The molecule has 8 heteroatoms. The molecule has 2 N–H and O–H groups in total. The van der Waals surface area contributed by atoms with Crippen LogP contribution in [0.3, 0.4) is 0 Å². The van der Waals surface area contributed by atoms with Gasteiger partial charge in [-0.15, -0.1) is 0 Å². The Bertz CT molecular complexity index is 1840. The summed E-state index contributed by atoms with van der Waals surface area (Å²) in [6.07, 6.45) is 1.61. The van der Waals surface area contributed by atoms with E-state index in [2.05, 4.69) is 138 Å². The van der Waals surface area contributed by atoms with E-state index in [4.69, 9.17) is 14.0 Å². The van der Waals surface area contributed by atoms with Crippen LogP contribution in [0.15, 0.2) is 152 Å². The first-order valence-electron chi connectivity index (χ1n) is 15.7. The molecule has 0 aliphatic heterocycles. The van der Waals surface area contributed by atoms with Crippen molar-refractivity contribution in [3.63, 3.8) is 0 Å². The highest BCUT2D eigenvalue weighted by Gasteiger charge is 2.39. The molecule has 242 valence electrons. The minimum atomic E-state index is -2.13. The van der Waals surface area contributed by atoms with Gasteiger partial charge >= 0.3 is 0 Å². The summed E-state index contributed by atoms with van der Waals surface area (Å²) >= 11 is -2.13. The maximum absolute atomic E-state index is 10.9. The van der Waals surface area contributed by atoms with Crippen molar-refractivity contribution in [1.29, 1.82) is 0 Å². The van der Waals surface area contributed by atoms with Gasteiger partial charge in [-0.05, 0) is 41.5 Å². The number of rotatable bonds is 13. The molecule has 0 amide bonds. The molecule has 0 bridgehead atoms. The predicted molar refractivity (Wildman–Crippen MR) is 189 cm³/mol. The summed E-state index contributed by atoms with van der Waals surface area (Å²) in [6, 6.07) is 49.4. The summed E-state index contributed by atoms with van der Waals surface area (Å²) in [5.74, 6) is 1.90. The topological polar surface area (TPSA) is 93.6 Å². The molecular weight excluding hydrogens is 619 g/mol. The Kier molecular flexibility index (Phi) is 10.1. The zero-order valence-electron chi connectivity index (χ0n) is 26.8. The third kappa shape index (κ3) is 7.37. The third-order valence-corrected chi connectivity index (χ3v) is 8.86. The fourth-order valence-corrected chi connectivity index (χ4v) is 6.09. The first kappa shape index (κ1) is 32.8. The lowest BCUT2D eigenvalue weighted by Gasteiger charge is -2.36. The molecule has 5 aromatic carbocycles. The lowest BCUT2D eigenvalue weighted by atomic mass is 9.78. The SMILES string of the molecule is CC(C)(c1ccc(OCc2ccnc(CNS(=O)O)n2)cc1)c1ccc(OC(c2ccccc2)(c2ccccc2)c2ccccc2)cc1. The van der Waals surface area contributed by atoms with Crippen LogP contribution >= 0.6 is 0 Å². The van der Waals surface area contributed by atoms with E-state index in [1.165, 1.54) is 0 Å². The Balaban J connectivity index is 1.21. The molecule has 1 unspecified atom stereocenters. The second-order valence-corrected chi connectivity index (χ2v) is 12.7. The monoisotopic (exact) mass is 655 g/mol. The molecule has 0 spiro atoms. The first-order chi connectivity index (χ1) is 23.3. The Hall–Kier alpha value is -5.15. The van der Waals surface area contributed by atoms with Gasteiger partial charge in [-0.3, -0.25) is 4.55 Å². The third-order valence-electron chi connectivity index (χ3n) is 8.47. The Morgan fingerprint density at radius 2 is 1.12 bits per heavy atom. The van der Waals surface area contributed by atoms with Crippen LogP contribution in [0.2, 0.25) is 0 Å². The van der Waals surface area contributed by atoms with Crippen molar-refractivity contribution in [2.75, 3.05) is 0 Å². The smallest absolute Gasteiger partial charge is 0.232 e. The zero-order chi connectivity index (χ0) is 33.4. The number of hydrogen-bond acceptors (Lipinski definition) is 5. The van der Waals surface area contributed by atoms with Crippen LogP contribution in [-0.2, 0) is 35.4 Å². The van der Waals surface area contributed by atoms with E-state index in [-0.39, 0.29) is 18.6 Å². The Morgan fingerprint density at radius 1 is 0.646 bits per heavy atom. The molecule has 6 aromatic rings. The summed E-state index contributed by atoms with van der Waals surface area (Å²) < 4.78 is 35.3. The van der Waals surface area contributed by atoms with Gasteiger partial charge in [-0.2, -0.15) is 0 Å². The number of ether oxygens (including phenoxy) is 2. The van der Waals surface area contributed by atoms with Crippen LogP contribution < -0.4 is 14.2 Å². The van der Waals surface area contributed by atoms with E-state index < -0.39 is 16.9 Å². The molecule has 1 aromatic heterocycles. The van der Waals surface area contributed by atoms with Gasteiger partial charge in [0.05, 0.1) is 12.2 Å². The van der Waals surface area contributed by atoms with Gasteiger partial charge in [0.2, 0.25) is 11.3 Å². The van der Waals surface area contributed by atoms with Gasteiger partial charge in [-0.1, -0.05) is 129 Å². The fraction of sp³-hybridized carbons (Fsp3) is 0.150. The summed E-state index contributed by atoms with van der Waals surface area (Å²) in [7, 11) is 0. The number of nitrogens with zero attached hydrogens (tertiary/aromatic N) is 2. The number of nitrogens with one attached hydrogen (secondary N) is 1. The molecule has 1 atom stereocenters. The van der Waals surface area contributed by atoms with Gasteiger partial charge in [0.15, 0.2) is 5.60 Å². The minimum Gasteiger partial charge on any atom is -0.487 e. The maximum Gasteiger partial charge on any atom is 0.232 e. The van der Waals surface area contributed by atoms with Crippen molar-refractivity contribution in [3.05, 3.63) is 191 Å². The van der Waals surface area contributed by atoms with E-state index in [1.807, 2.05) is 30.3 Å². The predicted octanol–water partition coefficient (Wildman–Crippen LogP) is 7.98. The van der Waals surface area contributed by atoms with Gasteiger partial charge in [0, 0.05) is 28.3 Å². The molecule has 1 heterocycles. The largest absolute Gasteiger partial charge is 0.487 e. The number of benzene rings is 5. The highest BCUT2D eigenvalue weighted by molar-refractivity contribution is 7.77. The van der Waals surface area contributed by atoms with Gasteiger partial charge in [0.1, 0.15) is 23.9 Å². The molecule has 0 saturated carbocycles. The van der Waals surface area contributed by atoms with Gasteiger partial charge in [0.25, 0.3) is 0 Å². The second kappa shape index (κ2) is 14.7. The highest BCUT2D eigenvalue weighted by Crippen LogP contribution is 2.42. The molecule has 6 rings (SSSR count). The summed E-state index contributed by atoms with van der Waals surface area (Å²) in [6.45, 7) is 4.74. The average molecular weight is 656 g/mol. The quantitative estimate of drug-likeness (QED) is 0.0968. The van der Waals surface area contributed by atoms with Crippen LogP contribution in [0.1, 0.15) is 53.2 Å². The van der Waals surface area contributed by atoms with Gasteiger partial charge < -0.3 is 9.47 Å². The summed E-state index contributed by atoms with van der Waals surface area (Å²) in [5, 5.41) is 0. The highest BCUT2D eigenvalue weighted by atomic mass is 32.2. The molecular formula is C40H37N3O4S. The Morgan fingerprint density at radius 3 is 1.60 bits per heavy atom. The lowest BCUT2D eigenvalue weighted by Crippen LogP contribution is -2.36. The molecule has 7 nitrogen and oxygen atoms in total. The summed E-state index contributed by atoms with van der Waals surface area (Å²) in [4.78, 5) is 8.50. The zero-order valence-corrected chi connectivity index (χ0v) is 27.6. The summed E-state index contributed by atoms with van der Waals surface area (Å²) in [5.41, 5.74) is 4.98. The number of aromatic nitrogens is 2. The first-order valence-corrected chi connectivity index (χ1v) is 16.8. The molecule has 0 fully saturated rings. The van der Waals surface area contributed by atoms with E-state index in [1.54, 1.807) is 12.3 Å². The molecule has 0 aliphatic rings. The molecule has 48 heavy (non-hydrogen) atoms. The van der Waals surface area contributed by atoms with Crippen LogP contribution in [0, 0.1) is 0 Å². The minimum absolute atomic E-state index is 0.0851. The maximum atomic E-state index is 10.9.